The molecule has 18 heavy (non-hydrogen) atoms. The largest absolute Gasteiger partial charge is 0.330 e. The fraction of sp³-hybridized carbons (Fsp3) is 0. The Hall–Kier alpha value is -1.46. The molecule has 1 N–H and O–H groups in total. The van der Waals surface area contributed by atoms with E-state index < -0.39 is 0 Å². The van der Waals surface area contributed by atoms with Crippen molar-refractivity contribution in [1.29, 1.82) is 0 Å². The standard InChI is InChI=1S/C13H8BrFN2S/c14-9-6-5-8(15)7-12(9)17-11-4-2-1-3-10(11)16-13(17)18/h1-7H,(H,16,18). The summed E-state index contributed by atoms with van der Waals surface area (Å²) in [7, 11) is 0. The Bertz CT molecular complexity index is 791. The molecule has 0 fully saturated rings. The van der Waals surface area contributed by atoms with E-state index in [1.54, 1.807) is 6.07 Å². The molecule has 90 valence electrons. The van der Waals surface area contributed by atoms with E-state index in [2.05, 4.69) is 20.9 Å². The number of aromatic nitrogens is 2. The molecule has 0 saturated heterocycles. The minimum atomic E-state index is -0.291. The quantitative estimate of drug-likeness (QED) is 0.650. The van der Waals surface area contributed by atoms with Crippen LogP contribution in [0, 0.1) is 10.6 Å². The van der Waals surface area contributed by atoms with Crippen molar-refractivity contribution in [2.75, 3.05) is 0 Å². The van der Waals surface area contributed by atoms with Gasteiger partial charge in [0.2, 0.25) is 0 Å². The van der Waals surface area contributed by atoms with Crippen molar-refractivity contribution in [2.45, 2.75) is 0 Å². The van der Waals surface area contributed by atoms with E-state index in [0.29, 0.717) is 10.5 Å². The van der Waals surface area contributed by atoms with Crippen molar-refractivity contribution in [3.63, 3.8) is 0 Å². The molecule has 3 aromatic rings. The Morgan fingerprint density at radius 3 is 2.78 bits per heavy atom. The average Bonchev–Trinajstić information content (AvgIpc) is 2.68. The minimum absolute atomic E-state index is 0.291. The number of fused-ring (bicyclic) bond motifs is 1. The lowest BCUT2D eigenvalue weighted by Crippen LogP contribution is -1.96. The number of H-pyrrole nitrogens is 1. The molecule has 0 aliphatic rings. The maximum atomic E-state index is 13.4. The van der Waals surface area contributed by atoms with Crippen molar-refractivity contribution < 1.29 is 4.39 Å². The number of nitrogens with one attached hydrogen (secondary N) is 1. The predicted molar refractivity (Wildman–Crippen MR) is 76.1 cm³/mol. The molecule has 0 spiro atoms. The highest BCUT2D eigenvalue weighted by atomic mass is 79.9. The van der Waals surface area contributed by atoms with Crippen LogP contribution in [0.1, 0.15) is 0 Å². The summed E-state index contributed by atoms with van der Waals surface area (Å²) in [4.78, 5) is 3.11. The Morgan fingerprint density at radius 2 is 1.94 bits per heavy atom. The van der Waals surface area contributed by atoms with Gasteiger partial charge in [-0.05, 0) is 58.5 Å². The summed E-state index contributed by atoms with van der Waals surface area (Å²) >= 11 is 8.73. The predicted octanol–water partition coefficient (Wildman–Crippen LogP) is 4.59. The monoisotopic (exact) mass is 322 g/mol. The summed E-state index contributed by atoms with van der Waals surface area (Å²) in [5.74, 6) is -0.291. The molecule has 0 bridgehead atoms. The summed E-state index contributed by atoms with van der Waals surface area (Å²) in [6, 6.07) is 12.3. The highest BCUT2D eigenvalue weighted by Gasteiger charge is 2.09. The molecule has 0 atom stereocenters. The molecular weight excluding hydrogens is 315 g/mol. The SMILES string of the molecule is Fc1ccc(Br)c(-n2c(=S)[nH]c3ccccc32)c1. The van der Waals surface area contributed by atoms with E-state index in [4.69, 9.17) is 12.2 Å². The highest BCUT2D eigenvalue weighted by molar-refractivity contribution is 9.10. The molecule has 1 aromatic heterocycles. The smallest absolute Gasteiger partial charge is 0.182 e. The van der Waals surface area contributed by atoms with Crippen LogP contribution in [-0.2, 0) is 0 Å². The van der Waals surface area contributed by atoms with Gasteiger partial charge >= 0.3 is 0 Å². The lowest BCUT2D eigenvalue weighted by molar-refractivity contribution is 0.626. The molecule has 3 rings (SSSR count). The van der Waals surface area contributed by atoms with Crippen LogP contribution in [0.2, 0.25) is 0 Å². The van der Waals surface area contributed by atoms with Gasteiger partial charge in [-0.3, -0.25) is 4.57 Å². The summed E-state index contributed by atoms with van der Waals surface area (Å²) in [6.45, 7) is 0. The van der Waals surface area contributed by atoms with E-state index in [9.17, 15) is 4.39 Å². The fourth-order valence-corrected chi connectivity index (χ4v) is 2.68. The zero-order valence-corrected chi connectivity index (χ0v) is 11.6. The van der Waals surface area contributed by atoms with Crippen molar-refractivity contribution in [1.82, 2.24) is 9.55 Å². The first kappa shape index (κ1) is 11.6. The summed E-state index contributed by atoms with van der Waals surface area (Å²) in [5, 5.41) is 0. The molecule has 0 radical (unpaired) electrons. The summed E-state index contributed by atoms with van der Waals surface area (Å²) < 4.78 is 16.5. The second-order valence-electron chi connectivity index (χ2n) is 3.88. The van der Waals surface area contributed by atoms with Crippen LogP contribution < -0.4 is 0 Å². The van der Waals surface area contributed by atoms with E-state index in [-0.39, 0.29) is 5.82 Å². The zero-order valence-electron chi connectivity index (χ0n) is 9.15. The number of imidazole rings is 1. The molecular formula is C13H8BrFN2S. The van der Waals surface area contributed by atoms with Crippen LogP contribution in [0.4, 0.5) is 4.39 Å². The van der Waals surface area contributed by atoms with Crippen molar-refractivity contribution in [3.05, 3.63) is 57.5 Å². The number of hydrogen-bond acceptors (Lipinski definition) is 1. The number of para-hydroxylation sites is 2. The van der Waals surface area contributed by atoms with Crippen LogP contribution in [-0.4, -0.2) is 9.55 Å². The van der Waals surface area contributed by atoms with Crippen LogP contribution in [0.25, 0.3) is 16.7 Å². The third-order valence-corrected chi connectivity index (χ3v) is 3.69. The van der Waals surface area contributed by atoms with Gasteiger partial charge in [-0.1, -0.05) is 12.1 Å². The molecule has 1 heterocycles. The molecule has 0 saturated carbocycles. The zero-order chi connectivity index (χ0) is 12.7. The summed E-state index contributed by atoms with van der Waals surface area (Å²) in [6.07, 6.45) is 0. The second-order valence-corrected chi connectivity index (χ2v) is 5.12. The van der Waals surface area contributed by atoms with Gasteiger partial charge in [-0.2, -0.15) is 0 Å². The molecule has 2 nitrogen and oxygen atoms in total. The maximum absolute atomic E-state index is 13.4. The van der Waals surface area contributed by atoms with E-state index in [1.165, 1.54) is 12.1 Å². The Kier molecular flexibility index (Phi) is 2.80. The maximum Gasteiger partial charge on any atom is 0.182 e. The van der Waals surface area contributed by atoms with Gasteiger partial charge in [0, 0.05) is 4.47 Å². The number of benzene rings is 2. The van der Waals surface area contributed by atoms with Gasteiger partial charge in [0.05, 0.1) is 16.7 Å². The van der Waals surface area contributed by atoms with Gasteiger partial charge in [0.15, 0.2) is 4.77 Å². The minimum Gasteiger partial charge on any atom is -0.330 e. The van der Waals surface area contributed by atoms with Crippen LogP contribution in [0.5, 0.6) is 0 Å². The van der Waals surface area contributed by atoms with Crippen molar-refractivity contribution in [3.8, 4) is 5.69 Å². The Balaban J connectivity index is 2.41. The number of hydrogen-bond donors (Lipinski definition) is 1. The van der Waals surface area contributed by atoms with Crippen LogP contribution in [0.3, 0.4) is 0 Å². The van der Waals surface area contributed by atoms with Gasteiger partial charge in [0.25, 0.3) is 0 Å². The topological polar surface area (TPSA) is 20.7 Å². The van der Waals surface area contributed by atoms with Crippen molar-refractivity contribution in [2.24, 2.45) is 0 Å². The molecule has 0 amide bonds. The Labute approximate surface area is 116 Å². The first-order valence-electron chi connectivity index (χ1n) is 5.32. The van der Waals surface area contributed by atoms with E-state index in [1.807, 2.05) is 28.8 Å². The average molecular weight is 323 g/mol. The first-order valence-corrected chi connectivity index (χ1v) is 6.52. The van der Waals surface area contributed by atoms with Gasteiger partial charge in [-0.15, -0.1) is 0 Å². The molecule has 0 unspecified atom stereocenters. The second kappa shape index (κ2) is 4.33. The van der Waals surface area contributed by atoms with Crippen LogP contribution >= 0.6 is 28.1 Å². The molecule has 0 aliphatic heterocycles. The lowest BCUT2D eigenvalue weighted by atomic mass is 10.3. The first-order chi connectivity index (χ1) is 8.66. The fourth-order valence-electron chi connectivity index (χ4n) is 1.95. The van der Waals surface area contributed by atoms with Gasteiger partial charge in [0.1, 0.15) is 5.82 Å². The normalized spacial score (nSPS) is 11.0. The highest BCUT2D eigenvalue weighted by Crippen LogP contribution is 2.26. The van der Waals surface area contributed by atoms with E-state index >= 15 is 0 Å². The number of aromatic amines is 1. The van der Waals surface area contributed by atoms with Gasteiger partial charge in [-0.25, -0.2) is 4.39 Å². The third-order valence-electron chi connectivity index (χ3n) is 2.74. The third kappa shape index (κ3) is 1.79. The van der Waals surface area contributed by atoms with Crippen molar-refractivity contribution >= 4 is 39.2 Å². The molecule has 5 heteroatoms. The number of rotatable bonds is 1. The Morgan fingerprint density at radius 1 is 1.17 bits per heavy atom. The lowest BCUT2D eigenvalue weighted by Gasteiger charge is -2.07. The van der Waals surface area contributed by atoms with Gasteiger partial charge < -0.3 is 4.98 Å². The number of halogens is 2. The molecule has 0 aliphatic carbocycles. The van der Waals surface area contributed by atoms with Crippen LogP contribution in [0.15, 0.2) is 46.9 Å². The van der Waals surface area contributed by atoms with E-state index in [0.717, 1.165) is 15.5 Å². The summed E-state index contributed by atoms with van der Waals surface area (Å²) in [5.41, 5.74) is 2.55. The molecule has 2 aromatic carbocycles. The number of nitrogens with zero attached hydrogens (tertiary/aromatic N) is 1.